The fraction of sp³-hybridized carbons (Fsp3) is 0.818. The Labute approximate surface area is 94.9 Å². The van der Waals surface area contributed by atoms with Gasteiger partial charge in [-0.15, -0.1) is 5.10 Å². The van der Waals surface area contributed by atoms with Crippen molar-refractivity contribution in [3.8, 4) is 0 Å². The fourth-order valence-electron chi connectivity index (χ4n) is 1.94. The highest BCUT2D eigenvalue weighted by molar-refractivity contribution is 7.14. The van der Waals surface area contributed by atoms with E-state index in [1.807, 2.05) is 18.3 Å². The molecule has 0 aliphatic heterocycles. The van der Waals surface area contributed by atoms with Crippen molar-refractivity contribution in [3.05, 3.63) is 11.4 Å². The van der Waals surface area contributed by atoms with E-state index in [9.17, 15) is 0 Å². The van der Waals surface area contributed by atoms with Gasteiger partial charge in [-0.25, -0.2) is 4.45 Å². The second-order valence-corrected chi connectivity index (χ2v) is 4.45. The van der Waals surface area contributed by atoms with E-state index >= 15 is 0 Å². The lowest BCUT2D eigenvalue weighted by Crippen LogP contribution is -2.06. The zero-order chi connectivity index (χ0) is 11.3. The third-order valence-corrected chi connectivity index (χ3v) is 3.27. The lowest BCUT2D eigenvalue weighted by Gasteiger charge is -2.14. The average Bonchev–Trinajstić information content (AvgIpc) is 2.57. The second kappa shape index (κ2) is 6.22. The molecule has 2 unspecified atom stereocenters. The molecule has 1 heterocycles. The van der Waals surface area contributed by atoms with E-state index in [1.54, 1.807) is 0 Å². The van der Waals surface area contributed by atoms with Crippen molar-refractivity contribution in [1.82, 2.24) is 14.8 Å². The first-order valence-electron chi connectivity index (χ1n) is 5.96. The smallest absolute Gasteiger partial charge is 0.0862 e. The molecule has 0 fully saturated rings. The van der Waals surface area contributed by atoms with Crippen LogP contribution in [0.3, 0.4) is 0 Å². The van der Waals surface area contributed by atoms with Crippen LogP contribution in [0, 0.1) is 5.92 Å². The van der Waals surface area contributed by atoms with Crippen LogP contribution in [-0.4, -0.2) is 14.8 Å². The van der Waals surface area contributed by atoms with E-state index in [0.29, 0.717) is 0 Å². The van der Waals surface area contributed by atoms with Gasteiger partial charge in [-0.05, 0) is 41.0 Å². The molecule has 2 atom stereocenters. The molecular formula is C11H22N3P. The van der Waals surface area contributed by atoms with E-state index in [2.05, 4.69) is 26.6 Å². The molecule has 0 saturated carbocycles. The van der Waals surface area contributed by atoms with Crippen LogP contribution >= 0.6 is 9.39 Å². The summed E-state index contributed by atoms with van der Waals surface area (Å²) in [5, 5.41) is 8.22. The minimum absolute atomic E-state index is 0.850. The summed E-state index contributed by atoms with van der Waals surface area (Å²) >= 11 is 0. The van der Waals surface area contributed by atoms with Crippen LogP contribution in [0.5, 0.6) is 0 Å². The van der Waals surface area contributed by atoms with E-state index in [1.165, 1.54) is 30.7 Å². The van der Waals surface area contributed by atoms with Crippen molar-refractivity contribution >= 4 is 9.39 Å². The minimum Gasteiger partial charge on any atom is -0.235 e. The Morgan fingerprint density at radius 2 is 2.00 bits per heavy atom. The molecule has 1 aromatic heterocycles. The Bertz CT molecular complexity index is 296. The van der Waals surface area contributed by atoms with Crippen LogP contribution in [-0.2, 0) is 12.8 Å². The summed E-state index contributed by atoms with van der Waals surface area (Å²) in [4.78, 5) is 0. The van der Waals surface area contributed by atoms with Crippen LogP contribution in [0.4, 0.5) is 0 Å². The summed E-state index contributed by atoms with van der Waals surface area (Å²) in [5.41, 5.74) is 2.53. The van der Waals surface area contributed by atoms with Crippen LogP contribution in [0.1, 0.15) is 51.4 Å². The van der Waals surface area contributed by atoms with Crippen LogP contribution < -0.4 is 0 Å². The van der Waals surface area contributed by atoms with Crippen LogP contribution in [0.25, 0.3) is 0 Å². The van der Waals surface area contributed by atoms with Crippen molar-refractivity contribution in [2.24, 2.45) is 5.92 Å². The van der Waals surface area contributed by atoms with Gasteiger partial charge in [0.1, 0.15) is 0 Å². The zero-order valence-corrected chi connectivity index (χ0v) is 11.2. The van der Waals surface area contributed by atoms with Gasteiger partial charge in [0.15, 0.2) is 0 Å². The molecule has 0 radical (unpaired) electrons. The minimum atomic E-state index is 0.850. The molecule has 1 aromatic rings. The number of aromatic nitrogens is 3. The largest absolute Gasteiger partial charge is 0.235 e. The van der Waals surface area contributed by atoms with E-state index in [-0.39, 0.29) is 0 Å². The summed E-state index contributed by atoms with van der Waals surface area (Å²) in [7, 11) is 2.61. The zero-order valence-electron chi connectivity index (χ0n) is 10.0. The highest BCUT2D eigenvalue weighted by atomic mass is 31.0. The topological polar surface area (TPSA) is 30.7 Å². The Morgan fingerprint density at radius 3 is 2.73 bits per heavy atom. The summed E-state index contributed by atoms with van der Waals surface area (Å²) in [6.45, 7) is 6.33. The molecule has 0 aromatic carbocycles. The van der Waals surface area contributed by atoms with Gasteiger partial charge >= 0.3 is 0 Å². The SMILES string of the molecule is CC.CC1CCCc2c(nnn2P)CC1. The first kappa shape index (κ1) is 12.6. The van der Waals surface area contributed by atoms with Gasteiger partial charge < -0.3 is 0 Å². The molecule has 1 aliphatic rings. The van der Waals surface area contributed by atoms with Crippen molar-refractivity contribution in [1.29, 1.82) is 0 Å². The third-order valence-electron chi connectivity index (χ3n) is 2.86. The standard InChI is InChI=1S/C9H16N3P.C2H6/c1-7-3-2-4-9-8(6-5-7)10-11-12(9)13;1-2/h7H,2-6,13H2,1H3;1-2H3. The molecular weight excluding hydrogens is 205 g/mol. The maximum Gasteiger partial charge on any atom is 0.0862 e. The van der Waals surface area contributed by atoms with Gasteiger partial charge in [0.05, 0.1) is 11.4 Å². The number of rotatable bonds is 0. The van der Waals surface area contributed by atoms with Crippen molar-refractivity contribution < 1.29 is 0 Å². The first-order valence-corrected chi connectivity index (χ1v) is 6.47. The maximum atomic E-state index is 4.18. The Balaban J connectivity index is 0.000000531. The number of aryl methyl sites for hydroxylation is 1. The molecule has 3 nitrogen and oxygen atoms in total. The Kier molecular flexibility index (Phi) is 5.24. The van der Waals surface area contributed by atoms with Gasteiger partial charge in [-0.1, -0.05) is 32.4 Å². The summed E-state index contributed by atoms with van der Waals surface area (Å²) < 4.78 is 1.85. The average molecular weight is 227 g/mol. The number of hydrogen-bond donors (Lipinski definition) is 0. The van der Waals surface area contributed by atoms with E-state index in [4.69, 9.17) is 0 Å². The van der Waals surface area contributed by atoms with Gasteiger partial charge in [0, 0.05) is 0 Å². The van der Waals surface area contributed by atoms with Gasteiger partial charge in [0.25, 0.3) is 0 Å². The second-order valence-electron chi connectivity index (χ2n) is 3.96. The maximum absolute atomic E-state index is 4.18. The predicted octanol–water partition coefficient (Wildman–Crippen LogP) is 2.85. The molecule has 1 aliphatic carbocycles. The Morgan fingerprint density at radius 1 is 1.27 bits per heavy atom. The number of nitrogens with zero attached hydrogens (tertiary/aromatic N) is 3. The van der Waals surface area contributed by atoms with E-state index in [0.717, 1.165) is 18.8 Å². The third kappa shape index (κ3) is 3.27. The molecule has 2 rings (SSSR count). The van der Waals surface area contributed by atoms with Gasteiger partial charge in [-0.2, -0.15) is 0 Å². The fourth-order valence-corrected chi connectivity index (χ4v) is 2.27. The molecule has 0 bridgehead atoms. The number of fused-ring (bicyclic) bond motifs is 1. The van der Waals surface area contributed by atoms with Gasteiger partial charge in [-0.3, -0.25) is 0 Å². The van der Waals surface area contributed by atoms with E-state index < -0.39 is 0 Å². The molecule has 0 N–H and O–H groups in total. The van der Waals surface area contributed by atoms with Crippen molar-refractivity contribution in [3.63, 3.8) is 0 Å². The summed E-state index contributed by atoms with van der Waals surface area (Å²) in [5.74, 6) is 0.850. The highest BCUT2D eigenvalue weighted by Crippen LogP contribution is 2.22. The van der Waals surface area contributed by atoms with Gasteiger partial charge in [0.2, 0.25) is 0 Å². The molecule has 0 spiro atoms. The Hall–Kier alpha value is -0.430. The monoisotopic (exact) mass is 227 g/mol. The normalized spacial score (nSPS) is 20.7. The molecule has 86 valence electrons. The lowest BCUT2D eigenvalue weighted by atomic mass is 9.93. The van der Waals surface area contributed by atoms with Crippen molar-refractivity contribution in [2.75, 3.05) is 0 Å². The molecule has 0 amide bonds. The number of hydrogen-bond acceptors (Lipinski definition) is 2. The van der Waals surface area contributed by atoms with Crippen LogP contribution in [0.15, 0.2) is 0 Å². The summed E-state index contributed by atoms with van der Waals surface area (Å²) in [6, 6.07) is 0. The predicted molar refractivity (Wildman–Crippen MR) is 66.9 cm³/mol. The highest BCUT2D eigenvalue weighted by Gasteiger charge is 2.15. The quantitative estimate of drug-likeness (QED) is 0.638. The molecule has 15 heavy (non-hydrogen) atoms. The lowest BCUT2D eigenvalue weighted by molar-refractivity contribution is 0.459. The van der Waals surface area contributed by atoms with Crippen LogP contribution in [0.2, 0.25) is 0 Å². The molecule has 4 heteroatoms. The van der Waals surface area contributed by atoms with Crippen molar-refractivity contribution in [2.45, 2.75) is 52.9 Å². The molecule has 0 saturated heterocycles. The first-order chi connectivity index (χ1) is 7.27. The summed E-state index contributed by atoms with van der Waals surface area (Å²) in [6.07, 6.45) is 6.11.